The van der Waals surface area contributed by atoms with E-state index in [1.165, 1.54) is 0 Å². The minimum atomic E-state index is -0.547. The molecule has 9 nitrogen and oxygen atoms in total. The molecule has 0 radical (unpaired) electrons. The molecular formula is C11H18N6O3. The lowest BCUT2D eigenvalue weighted by Gasteiger charge is -2.35. The molecule has 9 heteroatoms. The zero-order chi connectivity index (χ0) is 14.9. The lowest BCUT2D eigenvalue weighted by Crippen LogP contribution is -2.46. The smallest absolute Gasteiger partial charge is 0.353 e. The average Bonchev–Trinajstić information content (AvgIpc) is 2.35. The van der Waals surface area contributed by atoms with E-state index in [2.05, 4.69) is 15.3 Å². The largest absolute Gasteiger partial charge is 0.378 e. The van der Waals surface area contributed by atoms with E-state index in [-0.39, 0.29) is 35.5 Å². The van der Waals surface area contributed by atoms with Crippen molar-refractivity contribution in [2.24, 2.45) is 0 Å². The first-order chi connectivity index (χ1) is 9.42. The van der Waals surface area contributed by atoms with Crippen LogP contribution in [0.1, 0.15) is 13.8 Å². The molecular weight excluding hydrogens is 264 g/mol. The van der Waals surface area contributed by atoms with E-state index < -0.39 is 4.92 Å². The van der Waals surface area contributed by atoms with Crippen molar-refractivity contribution in [3.63, 3.8) is 0 Å². The van der Waals surface area contributed by atoms with E-state index in [4.69, 9.17) is 10.5 Å². The Morgan fingerprint density at radius 1 is 1.40 bits per heavy atom. The maximum Gasteiger partial charge on any atom is 0.353 e. The molecule has 1 aliphatic heterocycles. The van der Waals surface area contributed by atoms with Crippen LogP contribution < -0.4 is 16.0 Å². The first-order valence-electron chi connectivity index (χ1n) is 6.32. The third-order valence-corrected chi connectivity index (χ3v) is 3.02. The molecule has 1 saturated heterocycles. The second-order valence-electron chi connectivity index (χ2n) is 4.77. The Bertz CT molecular complexity index is 513. The summed E-state index contributed by atoms with van der Waals surface area (Å²) in [5.41, 5.74) is 5.42. The first-order valence-corrected chi connectivity index (χ1v) is 6.32. The van der Waals surface area contributed by atoms with Crippen LogP contribution in [-0.4, -0.2) is 47.2 Å². The van der Waals surface area contributed by atoms with Crippen LogP contribution >= 0.6 is 0 Å². The van der Waals surface area contributed by atoms with Gasteiger partial charge in [-0.15, -0.1) is 0 Å². The molecule has 2 atom stereocenters. The molecule has 0 aliphatic carbocycles. The molecule has 2 heterocycles. The monoisotopic (exact) mass is 282 g/mol. The summed E-state index contributed by atoms with van der Waals surface area (Å²) in [7, 11) is 1.63. The minimum absolute atomic E-state index is 0.0346. The summed E-state index contributed by atoms with van der Waals surface area (Å²) in [5.74, 6) is 0.347. The van der Waals surface area contributed by atoms with Gasteiger partial charge in [0.15, 0.2) is 0 Å². The van der Waals surface area contributed by atoms with E-state index in [9.17, 15) is 10.1 Å². The number of anilines is 3. The fourth-order valence-electron chi connectivity index (χ4n) is 2.32. The molecule has 0 spiro atoms. The number of ether oxygens (including phenoxy) is 1. The van der Waals surface area contributed by atoms with E-state index in [0.717, 1.165) is 0 Å². The highest BCUT2D eigenvalue weighted by molar-refractivity contribution is 5.71. The second-order valence-corrected chi connectivity index (χ2v) is 4.77. The summed E-state index contributed by atoms with van der Waals surface area (Å²) < 4.78 is 5.62. The van der Waals surface area contributed by atoms with Crippen molar-refractivity contribution in [1.29, 1.82) is 0 Å². The van der Waals surface area contributed by atoms with Crippen LogP contribution in [0.5, 0.6) is 0 Å². The van der Waals surface area contributed by atoms with Crippen LogP contribution in [0.2, 0.25) is 0 Å². The van der Waals surface area contributed by atoms with Crippen LogP contribution in [0.25, 0.3) is 0 Å². The van der Waals surface area contributed by atoms with Crippen molar-refractivity contribution in [2.45, 2.75) is 26.1 Å². The van der Waals surface area contributed by atoms with E-state index in [1.54, 1.807) is 7.05 Å². The summed E-state index contributed by atoms with van der Waals surface area (Å²) in [6.45, 7) is 4.87. The van der Waals surface area contributed by atoms with Gasteiger partial charge in [0.05, 0.1) is 17.1 Å². The Balaban J connectivity index is 2.47. The average molecular weight is 282 g/mol. The predicted molar refractivity (Wildman–Crippen MR) is 74.9 cm³/mol. The van der Waals surface area contributed by atoms with Gasteiger partial charge in [0.25, 0.3) is 0 Å². The van der Waals surface area contributed by atoms with Crippen LogP contribution in [-0.2, 0) is 4.74 Å². The van der Waals surface area contributed by atoms with E-state index in [0.29, 0.717) is 13.1 Å². The van der Waals surface area contributed by atoms with E-state index >= 15 is 0 Å². The molecule has 1 aliphatic rings. The molecule has 20 heavy (non-hydrogen) atoms. The summed E-state index contributed by atoms with van der Waals surface area (Å²) in [6.07, 6.45) is -0.0693. The van der Waals surface area contributed by atoms with Gasteiger partial charge in [0, 0.05) is 20.1 Å². The number of aromatic nitrogens is 2. The Morgan fingerprint density at radius 3 is 2.50 bits per heavy atom. The van der Waals surface area contributed by atoms with Gasteiger partial charge in [-0.05, 0) is 13.8 Å². The molecule has 110 valence electrons. The normalized spacial score (nSPS) is 22.6. The SMILES string of the molecule is CNc1nc(N)c([N+](=O)[O-])c(N2C[C@@H](C)O[C@H](C)C2)n1. The van der Waals surface area contributed by atoms with Gasteiger partial charge in [-0.1, -0.05) is 0 Å². The summed E-state index contributed by atoms with van der Waals surface area (Å²) in [4.78, 5) is 20.5. The number of hydrogen-bond acceptors (Lipinski definition) is 8. The molecule has 1 aromatic rings. The fraction of sp³-hybridized carbons (Fsp3) is 0.636. The summed E-state index contributed by atoms with van der Waals surface area (Å²) in [5, 5.41) is 14.0. The number of nitro groups is 1. The number of rotatable bonds is 3. The Morgan fingerprint density at radius 2 is 2.00 bits per heavy atom. The minimum Gasteiger partial charge on any atom is -0.378 e. The van der Waals surface area contributed by atoms with Gasteiger partial charge >= 0.3 is 5.69 Å². The van der Waals surface area contributed by atoms with Gasteiger partial charge in [-0.25, -0.2) is 0 Å². The number of nitrogens with zero attached hydrogens (tertiary/aromatic N) is 4. The number of nitrogens with two attached hydrogens (primary N) is 1. The molecule has 3 N–H and O–H groups in total. The molecule has 1 aromatic heterocycles. The Labute approximate surface area is 116 Å². The van der Waals surface area contributed by atoms with E-state index in [1.807, 2.05) is 18.7 Å². The van der Waals surface area contributed by atoms with Crippen molar-refractivity contribution >= 4 is 23.3 Å². The highest BCUT2D eigenvalue weighted by atomic mass is 16.6. The van der Waals surface area contributed by atoms with Crippen molar-refractivity contribution < 1.29 is 9.66 Å². The highest BCUT2D eigenvalue weighted by Gasteiger charge is 2.31. The number of morpholine rings is 1. The summed E-state index contributed by atoms with van der Waals surface area (Å²) >= 11 is 0. The molecule has 0 unspecified atom stereocenters. The number of nitrogen functional groups attached to an aromatic ring is 1. The Kier molecular flexibility index (Phi) is 3.89. The van der Waals surface area contributed by atoms with Crippen LogP contribution in [0, 0.1) is 10.1 Å². The quantitative estimate of drug-likeness (QED) is 0.611. The van der Waals surface area contributed by atoms with Crippen LogP contribution in [0.15, 0.2) is 0 Å². The molecule has 0 saturated carbocycles. The standard InChI is InChI=1S/C11H18N6O3/c1-6-4-16(5-7(2)20-6)10-8(17(18)19)9(12)14-11(13-3)15-10/h6-7H,4-5H2,1-3H3,(H3,12,13,14,15)/t6-,7-/m1/s1. The molecule has 0 amide bonds. The van der Waals surface area contributed by atoms with Gasteiger partial charge < -0.3 is 20.7 Å². The Hall–Kier alpha value is -2.16. The van der Waals surface area contributed by atoms with Gasteiger partial charge in [0.1, 0.15) is 0 Å². The molecule has 1 fully saturated rings. The predicted octanol–water partition coefficient (Wildman–Crippen LogP) is 0.622. The van der Waals surface area contributed by atoms with Crippen LogP contribution in [0.4, 0.5) is 23.3 Å². The zero-order valence-electron chi connectivity index (χ0n) is 11.7. The zero-order valence-corrected chi connectivity index (χ0v) is 11.7. The first kappa shape index (κ1) is 14.3. The summed E-state index contributed by atoms with van der Waals surface area (Å²) in [6, 6.07) is 0. The maximum atomic E-state index is 11.2. The molecule has 0 aromatic carbocycles. The van der Waals surface area contributed by atoms with Gasteiger partial charge in [0.2, 0.25) is 17.6 Å². The fourth-order valence-corrected chi connectivity index (χ4v) is 2.32. The van der Waals surface area contributed by atoms with Gasteiger partial charge in [-0.3, -0.25) is 10.1 Å². The highest BCUT2D eigenvalue weighted by Crippen LogP contribution is 2.33. The molecule has 2 rings (SSSR count). The topological polar surface area (TPSA) is 119 Å². The second kappa shape index (κ2) is 5.45. The lowest BCUT2D eigenvalue weighted by molar-refractivity contribution is -0.383. The third-order valence-electron chi connectivity index (χ3n) is 3.02. The third kappa shape index (κ3) is 2.72. The van der Waals surface area contributed by atoms with Crippen molar-refractivity contribution in [2.75, 3.05) is 36.1 Å². The van der Waals surface area contributed by atoms with Crippen LogP contribution in [0.3, 0.4) is 0 Å². The number of nitrogens with one attached hydrogen (secondary N) is 1. The lowest BCUT2D eigenvalue weighted by atomic mass is 10.2. The van der Waals surface area contributed by atoms with Crippen molar-refractivity contribution in [3.8, 4) is 0 Å². The van der Waals surface area contributed by atoms with Crippen molar-refractivity contribution in [3.05, 3.63) is 10.1 Å². The maximum absolute atomic E-state index is 11.2. The van der Waals surface area contributed by atoms with Crippen molar-refractivity contribution in [1.82, 2.24) is 9.97 Å². The number of hydrogen-bond donors (Lipinski definition) is 2. The molecule has 0 bridgehead atoms. The van der Waals surface area contributed by atoms with Gasteiger partial charge in [-0.2, -0.15) is 9.97 Å².